The molecule has 0 atom stereocenters. The Bertz CT molecular complexity index is 530. The van der Waals surface area contributed by atoms with Crippen molar-refractivity contribution in [2.24, 2.45) is 0 Å². The van der Waals surface area contributed by atoms with Crippen LogP contribution in [0, 0.1) is 0 Å². The number of nitrogens with one attached hydrogen (secondary N) is 1. The lowest BCUT2D eigenvalue weighted by molar-refractivity contribution is 0.0693. The molecular weight excluding hydrogens is 272 g/mol. The molecule has 2 rings (SSSR count). The second-order valence-corrected chi connectivity index (χ2v) is 4.82. The molecule has 1 aromatic rings. The lowest BCUT2D eigenvalue weighted by atomic mass is 10.1. The normalized spacial score (nSPS) is 13.7. The molecule has 0 aromatic heterocycles. The van der Waals surface area contributed by atoms with Gasteiger partial charge in [-0.15, -0.1) is 0 Å². The zero-order chi connectivity index (χ0) is 15.2. The van der Waals surface area contributed by atoms with Crippen LogP contribution in [0.1, 0.15) is 27.1 Å². The van der Waals surface area contributed by atoms with Crippen molar-refractivity contribution in [3.63, 3.8) is 0 Å². The Balaban J connectivity index is 1.81. The first kappa shape index (κ1) is 15.5. The molecule has 1 N–H and O–H groups in total. The maximum absolute atomic E-state index is 11.9. The van der Waals surface area contributed by atoms with Gasteiger partial charge >= 0.3 is 0 Å². The Morgan fingerprint density at radius 3 is 2.62 bits per heavy atom. The van der Waals surface area contributed by atoms with Gasteiger partial charge in [0.2, 0.25) is 0 Å². The first-order chi connectivity index (χ1) is 10.1. The summed E-state index contributed by atoms with van der Waals surface area (Å²) in [4.78, 5) is 24.8. The highest BCUT2D eigenvalue weighted by Gasteiger charge is 2.32. The number of hydrogen-bond donors (Lipinski definition) is 1. The Morgan fingerprint density at radius 2 is 1.86 bits per heavy atom. The van der Waals surface area contributed by atoms with E-state index in [1.54, 1.807) is 19.2 Å². The van der Waals surface area contributed by atoms with Crippen LogP contribution in [-0.2, 0) is 9.47 Å². The van der Waals surface area contributed by atoms with E-state index in [-0.39, 0.29) is 11.8 Å². The summed E-state index contributed by atoms with van der Waals surface area (Å²) < 4.78 is 10.2. The fraction of sp³-hybridized carbons (Fsp3) is 0.467. The molecule has 2 amide bonds. The fourth-order valence-corrected chi connectivity index (χ4v) is 2.12. The predicted octanol–water partition coefficient (Wildman–Crippen LogP) is 1.38. The predicted molar refractivity (Wildman–Crippen MR) is 78.7 cm³/mol. The van der Waals surface area contributed by atoms with Crippen molar-refractivity contribution in [3.05, 3.63) is 29.3 Å². The van der Waals surface area contributed by atoms with Crippen molar-refractivity contribution in [2.45, 2.75) is 6.42 Å². The Kier molecular flexibility index (Phi) is 5.30. The van der Waals surface area contributed by atoms with Crippen LogP contribution in [0.4, 0.5) is 5.69 Å². The van der Waals surface area contributed by atoms with Crippen molar-refractivity contribution < 1.29 is 19.1 Å². The van der Waals surface area contributed by atoms with Gasteiger partial charge < -0.3 is 14.8 Å². The van der Waals surface area contributed by atoms with Crippen molar-refractivity contribution in [3.8, 4) is 0 Å². The number of ether oxygens (including phenoxy) is 2. The van der Waals surface area contributed by atoms with E-state index in [0.29, 0.717) is 30.9 Å². The van der Waals surface area contributed by atoms with Crippen molar-refractivity contribution in [1.82, 2.24) is 4.90 Å². The minimum Gasteiger partial charge on any atom is -0.385 e. The number of anilines is 1. The second-order valence-electron chi connectivity index (χ2n) is 4.82. The van der Waals surface area contributed by atoms with E-state index in [1.165, 1.54) is 7.05 Å². The number of rotatable bonds is 8. The average Bonchev–Trinajstić information content (AvgIpc) is 2.71. The lowest BCUT2D eigenvalue weighted by Crippen LogP contribution is -2.24. The number of benzene rings is 1. The van der Waals surface area contributed by atoms with E-state index < -0.39 is 0 Å². The SMILES string of the molecule is COCCOCCCNc1ccc2c(c1)C(=O)N(C)C2=O. The van der Waals surface area contributed by atoms with Gasteiger partial charge in [-0.05, 0) is 24.6 Å². The summed E-state index contributed by atoms with van der Waals surface area (Å²) in [7, 11) is 3.14. The van der Waals surface area contributed by atoms with Gasteiger partial charge in [0.25, 0.3) is 11.8 Å². The standard InChI is InChI=1S/C15H20N2O4/c1-17-14(18)12-5-4-11(10-13(12)15(17)19)16-6-3-7-21-9-8-20-2/h4-5,10,16H,3,6-9H2,1-2H3. The number of hydrogen-bond acceptors (Lipinski definition) is 5. The zero-order valence-electron chi connectivity index (χ0n) is 12.3. The Labute approximate surface area is 124 Å². The third-order valence-electron chi connectivity index (χ3n) is 3.32. The van der Waals surface area contributed by atoms with E-state index in [2.05, 4.69) is 5.32 Å². The molecular formula is C15H20N2O4. The molecule has 0 saturated carbocycles. The van der Waals surface area contributed by atoms with Crippen LogP contribution in [0.25, 0.3) is 0 Å². The number of fused-ring (bicyclic) bond motifs is 1. The third-order valence-corrected chi connectivity index (χ3v) is 3.32. The van der Waals surface area contributed by atoms with Crippen LogP contribution < -0.4 is 5.32 Å². The van der Waals surface area contributed by atoms with Crippen molar-refractivity contribution >= 4 is 17.5 Å². The van der Waals surface area contributed by atoms with Crippen LogP contribution in [-0.4, -0.2) is 57.2 Å². The number of nitrogens with zero attached hydrogens (tertiary/aromatic N) is 1. The summed E-state index contributed by atoms with van der Waals surface area (Å²) >= 11 is 0. The van der Waals surface area contributed by atoms with Gasteiger partial charge in [0.1, 0.15) is 0 Å². The molecule has 6 heteroatoms. The average molecular weight is 292 g/mol. The quantitative estimate of drug-likeness (QED) is 0.579. The van der Waals surface area contributed by atoms with E-state index in [1.807, 2.05) is 6.07 Å². The molecule has 0 saturated heterocycles. The molecule has 114 valence electrons. The minimum atomic E-state index is -0.249. The zero-order valence-corrected chi connectivity index (χ0v) is 12.3. The fourth-order valence-electron chi connectivity index (χ4n) is 2.12. The summed E-state index contributed by atoms with van der Waals surface area (Å²) in [5, 5.41) is 3.22. The Hall–Kier alpha value is -1.92. The topological polar surface area (TPSA) is 67.9 Å². The first-order valence-corrected chi connectivity index (χ1v) is 6.92. The van der Waals surface area contributed by atoms with Gasteiger partial charge in [-0.3, -0.25) is 14.5 Å². The van der Waals surface area contributed by atoms with Gasteiger partial charge in [-0.25, -0.2) is 0 Å². The molecule has 6 nitrogen and oxygen atoms in total. The van der Waals surface area contributed by atoms with Gasteiger partial charge in [0.15, 0.2) is 0 Å². The smallest absolute Gasteiger partial charge is 0.261 e. The maximum atomic E-state index is 11.9. The van der Waals surface area contributed by atoms with Gasteiger partial charge in [0, 0.05) is 33.0 Å². The van der Waals surface area contributed by atoms with E-state index >= 15 is 0 Å². The molecule has 1 aromatic carbocycles. The molecule has 21 heavy (non-hydrogen) atoms. The maximum Gasteiger partial charge on any atom is 0.261 e. The molecule has 0 fully saturated rings. The molecule has 1 heterocycles. The highest BCUT2D eigenvalue weighted by atomic mass is 16.5. The van der Waals surface area contributed by atoms with Crippen LogP contribution >= 0.6 is 0 Å². The summed E-state index contributed by atoms with van der Waals surface area (Å²) in [5.74, 6) is -0.491. The summed E-state index contributed by atoms with van der Waals surface area (Å²) in [6.07, 6.45) is 0.855. The molecule has 0 bridgehead atoms. The minimum absolute atomic E-state index is 0.243. The number of carbonyl (C=O) groups excluding carboxylic acids is 2. The number of imide groups is 1. The highest BCUT2D eigenvalue weighted by molar-refractivity contribution is 6.21. The third kappa shape index (κ3) is 3.59. The molecule has 1 aliphatic rings. The van der Waals surface area contributed by atoms with Crippen LogP contribution in [0.15, 0.2) is 18.2 Å². The second kappa shape index (κ2) is 7.19. The highest BCUT2D eigenvalue weighted by Crippen LogP contribution is 2.24. The summed E-state index contributed by atoms with van der Waals surface area (Å²) in [5.41, 5.74) is 1.77. The molecule has 0 unspecified atom stereocenters. The van der Waals surface area contributed by atoms with Crippen molar-refractivity contribution in [1.29, 1.82) is 0 Å². The molecule has 0 radical (unpaired) electrons. The van der Waals surface area contributed by atoms with E-state index in [9.17, 15) is 9.59 Å². The summed E-state index contributed by atoms with van der Waals surface area (Å²) in [6, 6.07) is 5.23. The van der Waals surface area contributed by atoms with Gasteiger partial charge in [0.05, 0.1) is 24.3 Å². The number of methoxy groups -OCH3 is 1. The monoisotopic (exact) mass is 292 g/mol. The lowest BCUT2D eigenvalue weighted by Gasteiger charge is -2.08. The number of carbonyl (C=O) groups is 2. The van der Waals surface area contributed by atoms with E-state index in [0.717, 1.165) is 23.6 Å². The first-order valence-electron chi connectivity index (χ1n) is 6.92. The van der Waals surface area contributed by atoms with Gasteiger partial charge in [-0.2, -0.15) is 0 Å². The molecule has 1 aliphatic heterocycles. The van der Waals surface area contributed by atoms with E-state index in [4.69, 9.17) is 9.47 Å². The molecule has 0 spiro atoms. The number of amides is 2. The van der Waals surface area contributed by atoms with Crippen LogP contribution in [0.2, 0.25) is 0 Å². The van der Waals surface area contributed by atoms with Crippen LogP contribution in [0.5, 0.6) is 0 Å². The van der Waals surface area contributed by atoms with Gasteiger partial charge in [-0.1, -0.05) is 0 Å². The Morgan fingerprint density at radius 1 is 1.10 bits per heavy atom. The van der Waals surface area contributed by atoms with Crippen molar-refractivity contribution in [2.75, 3.05) is 45.8 Å². The largest absolute Gasteiger partial charge is 0.385 e. The molecule has 0 aliphatic carbocycles. The summed E-state index contributed by atoms with van der Waals surface area (Å²) in [6.45, 7) is 2.59. The van der Waals surface area contributed by atoms with Crippen LogP contribution in [0.3, 0.4) is 0 Å².